The lowest BCUT2D eigenvalue weighted by atomic mass is 10.2. The molecular weight excluding hydrogens is 140 g/mol. The first-order valence-electron chi connectivity index (χ1n) is 3.54. The minimum absolute atomic E-state index is 0.0671. The van der Waals surface area contributed by atoms with Gasteiger partial charge in [0.15, 0.2) is 0 Å². The number of hydrogen-bond acceptors (Lipinski definition) is 2. The Hall–Kier alpha value is -1.09. The number of nitrogens with one attached hydrogen (secondary N) is 1. The first-order chi connectivity index (χ1) is 5.25. The number of carbonyl (C=O) groups is 1. The molecule has 1 aliphatic heterocycles. The van der Waals surface area contributed by atoms with Crippen LogP contribution >= 0.6 is 0 Å². The van der Waals surface area contributed by atoms with E-state index >= 15 is 0 Å². The Kier molecular flexibility index (Phi) is 2.44. The van der Waals surface area contributed by atoms with Gasteiger partial charge in [0.05, 0.1) is 0 Å². The number of carbonyl (C=O) groups excluding carboxylic acids is 1. The lowest BCUT2D eigenvalue weighted by Crippen LogP contribution is -2.39. The summed E-state index contributed by atoms with van der Waals surface area (Å²) in [6.07, 6.45) is 7.29. The van der Waals surface area contributed by atoms with Crippen molar-refractivity contribution in [2.45, 2.75) is 6.04 Å². The Bertz CT molecular complexity index is 208. The summed E-state index contributed by atoms with van der Waals surface area (Å²) in [5, 5.41) is 2.91. The number of nitrogens with zero attached hydrogens (tertiary/aromatic N) is 1. The Morgan fingerprint density at radius 2 is 2.27 bits per heavy atom. The molecule has 3 heteroatoms. The van der Waals surface area contributed by atoms with Gasteiger partial charge in [0.2, 0.25) is 5.91 Å². The van der Waals surface area contributed by atoms with Crippen LogP contribution in [0.4, 0.5) is 0 Å². The molecule has 0 aliphatic carbocycles. The zero-order chi connectivity index (χ0) is 8.27. The first kappa shape index (κ1) is 8.01. The molecule has 0 aromatic rings. The third kappa shape index (κ3) is 1.68. The summed E-state index contributed by atoms with van der Waals surface area (Å²) in [6.45, 7) is 0. The second-order valence-electron chi connectivity index (χ2n) is 2.44. The average molecular weight is 152 g/mol. The van der Waals surface area contributed by atoms with E-state index in [9.17, 15) is 4.79 Å². The van der Waals surface area contributed by atoms with Crippen molar-refractivity contribution >= 4 is 5.91 Å². The fourth-order valence-corrected chi connectivity index (χ4v) is 0.949. The third-order valence-electron chi connectivity index (χ3n) is 1.65. The Morgan fingerprint density at radius 3 is 2.91 bits per heavy atom. The second kappa shape index (κ2) is 3.34. The first-order valence-corrected chi connectivity index (χ1v) is 3.54. The zero-order valence-corrected chi connectivity index (χ0v) is 6.74. The molecule has 1 heterocycles. The van der Waals surface area contributed by atoms with E-state index in [-0.39, 0.29) is 11.9 Å². The molecule has 0 bridgehead atoms. The summed E-state index contributed by atoms with van der Waals surface area (Å²) in [6, 6.07) is -0.185. The summed E-state index contributed by atoms with van der Waals surface area (Å²) in [7, 11) is 3.52. The summed E-state index contributed by atoms with van der Waals surface area (Å²) >= 11 is 0. The molecule has 0 unspecified atom stereocenters. The summed E-state index contributed by atoms with van der Waals surface area (Å²) in [4.78, 5) is 12.9. The molecule has 1 rings (SSSR count). The van der Waals surface area contributed by atoms with Gasteiger partial charge < -0.3 is 10.2 Å². The quantitative estimate of drug-likeness (QED) is 0.578. The molecule has 1 amide bonds. The SMILES string of the molecule is CN[C@@H]1C=CC=CN(C)C1=O. The van der Waals surface area contributed by atoms with Gasteiger partial charge in [-0.2, -0.15) is 0 Å². The smallest absolute Gasteiger partial charge is 0.247 e. The van der Waals surface area contributed by atoms with Gasteiger partial charge in [0, 0.05) is 13.2 Å². The molecule has 1 aliphatic rings. The van der Waals surface area contributed by atoms with Crippen molar-refractivity contribution in [1.29, 1.82) is 0 Å². The van der Waals surface area contributed by atoms with Gasteiger partial charge in [-0.15, -0.1) is 0 Å². The molecule has 60 valence electrons. The highest BCUT2D eigenvalue weighted by molar-refractivity contribution is 5.85. The van der Waals surface area contributed by atoms with Crippen molar-refractivity contribution in [2.75, 3.05) is 14.1 Å². The van der Waals surface area contributed by atoms with E-state index in [1.807, 2.05) is 18.2 Å². The average Bonchev–Trinajstić information content (AvgIpc) is 2.16. The fraction of sp³-hybridized carbons (Fsp3) is 0.375. The molecule has 0 spiro atoms. The van der Waals surface area contributed by atoms with E-state index in [1.165, 1.54) is 0 Å². The van der Waals surface area contributed by atoms with Crippen LogP contribution in [0.3, 0.4) is 0 Å². The Balaban J connectivity index is 2.77. The predicted octanol–water partition coefficient (Wildman–Crippen LogP) is 0.116. The summed E-state index contributed by atoms with van der Waals surface area (Å²) in [5.41, 5.74) is 0. The van der Waals surface area contributed by atoms with E-state index in [2.05, 4.69) is 5.32 Å². The van der Waals surface area contributed by atoms with Crippen molar-refractivity contribution in [1.82, 2.24) is 10.2 Å². The predicted molar refractivity (Wildman–Crippen MR) is 43.9 cm³/mol. The molecule has 0 aromatic carbocycles. The maximum absolute atomic E-state index is 11.3. The standard InChI is InChI=1S/C8H12N2O/c1-9-7-5-3-4-6-10(2)8(7)11/h3-7,9H,1-2H3/t7-/m1/s1. The van der Waals surface area contributed by atoms with Crippen LogP contribution in [-0.4, -0.2) is 30.9 Å². The topological polar surface area (TPSA) is 32.3 Å². The third-order valence-corrected chi connectivity index (χ3v) is 1.65. The molecular formula is C8H12N2O. The van der Waals surface area contributed by atoms with Crippen molar-refractivity contribution in [3.05, 3.63) is 24.4 Å². The van der Waals surface area contributed by atoms with Crippen LogP contribution in [0.15, 0.2) is 24.4 Å². The van der Waals surface area contributed by atoms with Gasteiger partial charge in [-0.25, -0.2) is 0 Å². The minimum atomic E-state index is -0.185. The zero-order valence-electron chi connectivity index (χ0n) is 6.74. The number of allylic oxidation sites excluding steroid dienone is 2. The van der Waals surface area contributed by atoms with Gasteiger partial charge in [0.1, 0.15) is 6.04 Å². The maximum atomic E-state index is 11.3. The van der Waals surface area contributed by atoms with Crippen molar-refractivity contribution in [2.24, 2.45) is 0 Å². The Labute approximate surface area is 66.4 Å². The molecule has 0 fully saturated rings. The highest BCUT2D eigenvalue weighted by atomic mass is 16.2. The van der Waals surface area contributed by atoms with Gasteiger partial charge in [-0.1, -0.05) is 12.2 Å². The molecule has 0 radical (unpaired) electrons. The number of rotatable bonds is 1. The highest BCUT2D eigenvalue weighted by Crippen LogP contribution is 1.99. The van der Waals surface area contributed by atoms with Crippen molar-refractivity contribution in [3.63, 3.8) is 0 Å². The Morgan fingerprint density at radius 1 is 1.55 bits per heavy atom. The molecule has 0 aromatic heterocycles. The van der Waals surface area contributed by atoms with E-state index in [1.54, 1.807) is 25.2 Å². The van der Waals surface area contributed by atoms with E-state index in [4.69, 9.17) is 0 Å². The monoisotopic (exact) mass is 152 g/mol. The molecule has 1 N–H and O–H groups in total. The van der Waals surface area contributed by atoms with Crippen LogP contribution in [0.25, 0.3) is 0 Å². The van der Waals surface area contributed by atoms with Gasteiger partial charge >= 0.3 is 0 Å². The van der Waals surface area contributed by atoms with Gasteiger partial charge in [-0.3, -0.25) is 4.79 Å². The van der Waals surface area contributed by atoms with Crippen molar-refractivity contribution in [3.8, 4) is 0 Å². The van der Waals surface area contributed by atoms with Crippen LogP contribution in [0.2, 0.25) is 0 Å². The van der Waals surface area contributed by atoms with E-state index in [0.717, 1.165) is 0 Å². The number of amides is 1. The summed E-state index contributed by atoms with van der Waals surface area (Å²) in [5.74, 6) is 0.0671. The van der Waals surface area contributed by atoms with Crippen molar-refractivity contribution < 1.29 is 4.79 Å². The molecule has 0 saturated heterocycles. The van der Waals surface area contributed by atoms with Gasteiger partial charge in [-0.05, 0) is 13.1 Å². The van der Waals surface area contributed by atoms with Crippen LogP contribution in [-0.2, 0) is 4.79 Å². The molecule has 1 atom stereocenters. The van der Waals surface area contributed by atoms with E-state index in [0.29, 0.717) is 0 Å². The lowest BCUT2D eigenvalue weighted by Gasteiger charge is -2.15. The second-order valence-corrected chi connectivity index (χ2v) is 2.44. The summed E-state index contributed by atoms with van der Waals surface area (Å²) < 4.78 is 0. The molecule has 0 saturated carbocycles. The highest BCUT2D eigenvalue weighted by Gasteiger charge is 2.16. The van der Waals surface area contributed by atoms with Gasteiger partial charge in [0.25, 0.3) is 0 Å². The maximum Gasteiger partial charge on any atom is 0.247 e. The van der Waals surface area contributed by atoms with Crippen LogP contribution in [0.5, 0.6) is 0 Å². The molecule has 3 nitrogen and oxygen atoms in total. The van der Waals surface area contributed by atoms with Crippen LogP contribution < -0.4 is 5.32 Å². The fourth-order valence-electron chi connectivity index (χ4n) is 0.949. The number of likely N-dealkylation sites (N-methyl/N-ethyl adjacent to an activating group) is 2. The largest absolute Gasteiger partial charge is 0.321 e. The minimum Gasteiger partial charge on any atom is -0.321 e. The van der Waals surface area contributed by atoms with E-state index < -0.39 is 0 Å². The van der Waals surface area contributed by atoms with Crippen LogP contribution in [0, 0.1) is 0 Å². The normalized spacial score (nSPS) is 24.0. The lowest BCUT2D eigenvalue weighted by molar-refractivity contribution is -0.128. The van der Waals surface area contributed by atoms with Crippen LogP contribution in [0.1, 0.15) is 0 Å². The molecule has 11 heavy (non-hydrogen) atoms. The number of hydrogen-bond donors (Lipinski definition) is 1.